The average Bonchev–Trinajstić information content (AvgIpc) is 1.96. The molecular formula is C11H23NO2. The highest BCUT2D eigenvalue weighted by Crippen LogP contribution is 2.07. The number of amides is 1. The zero-order valence-electron chi connectivity index (χ0n) is 10.0. The minimum absolute atomic E-state index is 0.199. The fraction of sp³-hybridized carbons (Fsp3) is 0.909. The smallest absolute Gasteiger partial charge is 0.407 e. The molecule has 84 valence electrons. The SMILES string of the molecule is CCCCC(C)NC(=O)OC(C)(C)C. The van der Waals surface area contributed by atoms with E-state index in [0.717, 1.165) is 19.3 Å². The van der Waals surface area contributed by atoms with Gasteiger partial charge in [0.15, 0.2) is 0 Å². The van der Waals surface area contributed by atoms with Crippen LogP contribution in [0.1, 0.15) is 53.9 Å². The first-order valence-electron chi connectivity index (χ1n) is 5.34. The van der Waals surface area contributed by atoms with Crippen LogP contribution in [0.5, 0.6) is 0 Å². The van der Waals surface area contributed by atoms with Gasteiger partial charge < -0.3 is 10.1 Å². The lowest BCUT2D eigenvalue weighted by atomic mass is 10.1. The third-order valence-electron chi connectivity index (χ3n) is 1.75. The van der Waals surface area contributed by atoms with Crippen molar-refractivity contribution in [3.05, 3.63) is 0 Å². The van der Waals surface area contributed by atoms with E-state index in [4.69, 9.17) is 4.74 Å². The summed E-state index contributed by atoms with van der Waals surface area (Å²) in [6.45, 7) is 9.73. The number of hydrogen-bond donors (Lipinski definition) is 1. The van der Waals surface area contributed by atoms with E-state index in [1.54, 1.807) is 0 Å². The standard InChI is InChI=1S/C11H23NO2/c1-6-7-8-9(2)12-10(13)14-11(3,4)5/h9H,6-8H2,1-5H3,(H,12,13). The van der Waals surface area contributed by atoms with Gasteiger partial charge in [-0.15, -0.1) is 0 Å². The molecule has 0 aliphatic heterocycles. The first kappa shape index (κ1) is 13.3. The van der Waals surface area contributed by atoms with Crippen LogP contribution in [-0.2, 0) is 4.74 Å². The largest absolute Gasteiger partial charge is 0.444 e. The number of ether oxygens (including phenoxy) is 1. The summed E-state index contributed by atoms with van der Waals surface area (Å²) >= 11 is 0. The summed E-state index contributed by atoms with van der Waals surface area (Å²) in [6, 6.07) is 0.199. The highest BCUT2D eigenvalue weighted by Gasteiger charge is 2.17. The van der Waals surface area contributed by atoms with Crippen molar-refractivity contribution in [1.82, 2.24) is 5.32 Å². The molecule has 0 aliphatic carbocycles. The maximum Gasteiger partial charge on any atom is 0.407 e. The number of rotatable bonds is 4. The Morgan fingerprint density at radius 2 is 2.00 bits per heavy atom. The Morgan fingerprint density at radius 1 is 1.43 bits per heavy atom. The molecule has 1 amide bonds. The van der Waals surface area contributed by atoms with E-state index < -0.39 is 5.60 Å². The van der Waals surface area contributed by atoms with Gasteiger partial charge in [-0.2, -0.15) is 0 Å². The topological polar surface area (TPSA) is 38.3 Å². The maximum atomic E-state index is 11.3. The quantitative estimate of drug-likeness (QED) is 0.759. The Kier molecular flexibility index (Phi) is 5.58. The van der Waals surface area contributed by atoms with Crippen molar-refractivity contribution in [2.45, 2.75) is 65.5 Å². The van der Waals surface area contributed by atoms with E-state index in [9.17, 15) is 4.79 Å². The Labute approximate surface area is 87.2 Å². The lowest BCUT2D eigenvalue weighted by Crippen LogP contribution is -2.37. The molecule has 3 nitrogen and oxygen atoms in total. The minimum Gasteiger partial charge on any atom is -0.444 e. The normalized spacial score (nSPS) is 13.5. The molecule has 0 aromatic heterocycles. The van der Waals surface area contributed by atoms with Gasteiger partial charge >= 0.3 is 6.09 Å². The summed E-state index contributed by atoms with van der Waals surface area (Å²) in [5.74, 6) is 0. The molecule has 0 rings (SSSR count). The molecule has 1 unspecified atom stereocenters. The molecule has 0 aromatic rings. The molecule has 0 radical (unpaired) electrons. The number of alkyl carbamates (subject to hydrolysis) is 1. The minimum atomic E-state index is -0.408. The van der Waals surface area contributed by atoms with Crippen molar-refractivity contribution >= 4 is 6.09 Å². The maximum absolute atomic E-state index is 11.3. The van der Waals surface area contributed by atoms with Gasteiger partial charge in [-0.3, -0.25) is 0 Å². The molecule has 0 saturated heterocycles. The van der Waals surface area contributed by atoms with Crippen LogP contribution >= 0.6 is 0 Å². The summed E-state index contributed by atoms with van der Waals surface area (Å²) in [5.41, 5.74) is -0.408. The summed E-state index contributed by atoms with van der Waals surface area (Å²) in [6.07, 6.45) is 2.98. The first-order chi connectivity index (χ1) is 6.35. The van der Waals surface area contributed by atoms with Gasteiger partial charge in [0, 0.05) is 6.04 Å². The lowest BCUT2D eigenvalue weighted by molar-refractivity contribution is 0.0506. The molecule has 1 N–H and O–H groups in total. The van der Waals surface area contributed by atoms with Gasteiger partial charge in [0.05, 0.1) is 0 Å². The summed E-state index contributed by atoms with van der Waals surface area (Å²) < 4.78 is 5.14. The number of unbranched alkanes of at least 4 members (excludes halogenated alkanes) is 1. The highest BCUT2D eigenvalue weighted by molar-refractivity contribution is 5.67. The molecular weight excluding hydrogens is 178 g/mol. The second-order valence-corrected chi connectivity index (χ2v) is 4.69. The fourth-order valence-corrected chi connectivity index (χ4v) is 1.09. The first-order valence-corrected chi connectivity index (χ1v) is 5.34. The summed E-state index contributed by atoms with van der Waals surface area (Å²) in [5, 5.41) is 2.81. The fourth-order valence-electron chi connectivity index (χ4n) is 1.09. The van der Waals surface area contributed by atoms with Crippen LogP contribution in [0.4, 0.5) is 4.79 Å². The number of carbonyl (C=O) groups is 1. The van der Waals surface area contributed by atoms with E-state index in [1.807, 2.05) is 27.7 Å². The molecule has 0 bridgehead atoms. The molecule has 0 aromatic carbocycles. The number of hydrogen-bond acceptors (Lipinski definition) is 2. The van der Waals surface area contributed by atoms with Crippen molar-refractivity contribution in [3.8, 4) is 0 Å². The van der Waals surface area contributed by atoms with Crippen LogP contribution in [-0.4, -0.2) is 17.7 Å². The van der Waals surface area contributed by atoms with E-state index in [1.165, 1.54) is 0 Å². The van der Waals surface area contributed by atoms with Crippen molar-refractivity contribution < 1.29 is 9.53 Å². The summed E-state index contributed by atoms with van der Waals surface area (Å²) in [7, 11) is 0. The van der Waals surface area contributed by atoms with E-state index in [0.29, 0.717) is 0 Å². The Hall–Kier alpha value is -0.730. The van der Waals surface area contributed by atoms with Crippen molar-refractivity contribution in [3.63, 3.8) is 0 Å². The summed E-state index contributed by atoms with van der Waals surface area (Å²) in [4.78, 5) is 11.3. The Bertz CT molecular complexity index is 173. The number of nitrogens with one attached hydrogen (secondary N) is 1. The molecule has 0 fully saturated rings. The van der Waals surface area contributed by atoms with E-state index in [2.05, 4.69) is 12.2 Å². The van der Waals surface area contributed by atoms with Crippen molar-refractivity contribution in [1.29, 1.82) is 0 Å². The second-order valence-electron chi connectivity index (χ2n) is 4.69. The van der Waals surface area contributed by atoms with Crippen LogP contribution in [0.25, 0.3) is 0 Å². The van der Waals surface area contributed by atoms with Crippen LogP contribution in [0.2, 0.25) is 0 Å². The lowest BCUT2D eigenvalue weighted by Gasteiger charge is -2.21. The van der Waals surface area contributed by atoms with Gasteiger partial charge in [0.2, 0.25) is 0 Å². The van der Waals surface area contributed by atoms with Gasteiger partial charge in [-0.1, -0.05) is 19.8 Å². The molecule has 1 atom stereocenters. The second kappa shape index (κ2) is 5.89. The zero-order valence-corrected chi connectivity index (χ0v) is 10.0. The van der Waals surface area contributed by atoms with Crippen LogP contribution in [0.3, 0.4) is 0 Å². The van der Waals surface area contributed by atoms with Gasteiger partial charge in [0.1, 0.15) is 5.60 Å². The number of carbonyl (C=O) groups excluding carboxylic acids is 1. The van der Waals surface area contributed by atoms with Crippen molar-refractivity contribution in [2.75, 3.05) is 0 Å². The monoisotopic (exact) mass is 201 g/mol. The third-order valence-corrected chi connectivity index (χ3v) is 1.75. The predicted molar refractivity (Wildman–Crippen MR) is 58.4 cm³/mol. The average molecular weight is 201 g/mol. The Morgan fingerprint density at radius 3 is 2.43 bits per heavy atom. The van der Waals surface area contributed by atoms with Crippen LogP contribution < -0.4 is 5.32 Å². The molecule has 0 heterocycles. The molecule has 3 heteroatoms. The zero-order chi connectivity index (χ0) is 11.2. The Balaban J connectivity index is 3.71. The van der Waals surface area contributed by atoms with Gasteiger partial charge in [-0.25, -0.2) is 4.79 Å². The third kappa shape index (κ3) is 7.90. The predicted octanol–water partition coefficient (Wildman–Crippen LogP) is 3.09. The van der Waals surface area contributed by atoms with E-state index in [-0.39, 0.29) is 12.1 Å². The van der Waals surface area contributed by atoms with Crippen molar-refractivity contribution in [2.24, 2.45) is 0 Å². The van der Waals surface area contributed by atoms with Gasteiger partial charge in [-0.05, 0) is 34.1 Å². The van der Waals surface area contributed by atoms with E-state index >= 15 is 0 Å². The van der Waals surface area contributed by atoms with Gasteiger partial charge in [0.25, 0.3) is 0 Å². The highest BCUT2D eigenvalue weighted by atomic mass is 16.6. The molecule has 0 aliphatic rings. The van der Waals surface area contributed by atoms with Crippen LogP contribution in [0.15, 0.2) is 0 Å². The van der Waals surface area contributed by atoms with Crippen LogP contribution in [0, 0.1) is 0 Å². The molecule has 0 spiro atoms. The molecule has 0 saturated carbocycles. The molecule has 14 heavy (non-hydrogen) atoms.